The molecule has 1 aliphatic heterocycles. The van der Waals surface area contributed by atoms with E-state index in [0.29, 0.717) is 24.1 Å². The van der Waals surface area contributed by atoms with Crippen LogP contribution in [0.25, 0.3) is 16.7 Å². The summed E-state index contributed by atoms with van der Waals surface area (Å²) in [5, 5.41) is 12.1. The van der Waals surface area contributed by atoms with Gasteiger partial charge in [0.15, 0.2) is 0 Å². The van der Waals surface area contributed by atoms with Crippen LogP contribution in [0.2, 0.25) is 0 Å². The molecular formula is C23H23BrN6O2. The van der Waals surface area contributed by atoms with Crippen LogP contribution in [0.1, 0.15) is 24.0 Å². The van der Waals surface area contributed by atoms with Gasteiger partial charge in [-0.3, -0.25) is 14.2 Å². The number of anilines is 1. The second-order valence-corrected chi connectivity index (χ2v) is 8.96. The Hall–Kier alpha value is -3.20. The number of nitrogens with one attached hydrogen (secondary N) is 1. The number of rotatable bonds is 5. The average Bonchev–Trinajstić information content (AvgIpc) is 3.47. The number of carbonyl (C=O) groups is 1. The number of amides is 1. The largest absolute Gasteiger partial charge is 0.359 e. The summed E-state index contributed by atoms with van der Waals surface area (Å²) < 4.78 is 4.52. The number of aromatic nitrogens is 4. The van der Waals surface area contributed by atoms with Gasteiger partial charge >= 0.3 is 0 Å². The van der Waals surface area contributed by atoms with Gasteiger partial charge in [-0.1, -0.05) is 40.2 Å². The minimum atomic E-state index is -0.108. The van der Waals surface area contributed by atoms with Gasteiger partial charge in [0, 0.05) is 24.6 Å². The van der Waals surface area contributed by atoms with Crippen LogP contribution in [-0.4, -0.2) is 45.2 Å². The number of halogens is 1. The summed E-state index contributed by atoms with van der Waals surface area (Å²) in [5.74, 6) is 1.27. The van der Waals surface area contributed by atoms with Crippen LogP contribution >= 0.6 is 15.9 Å². The topological polar surface area (TPSA) is 84.5 Å². The molecule has 8 nitrogen and oxygen atoms in total. The molecule has 9 heteroatoms. The van der Waals surface area contributed by atoms with Gasteiger partial charge < -0.3 is 10.2 Å². The smallest absolute Gasteiger partial charge is 0.263 e. The zero-order chi connectivity index (χ0) is 22.2. The van der Waals surface area contributed by atoms with E-state index in [1.807, 2.05) is 46.9 Å². The molecule has 3 heterocycles. The molecule has 1 N–H and O–H groups in total. The van der Waals surface area contributed by atoms with E-state index in [0.717, 1.165) is 53.0 Å². The van der Waals surface area contributed by atoms with Crippen molar-refractivity contribution in [3.05, 3.63) is 68.4 Å². The van der Waals surface area contributed by atoms with Crippen molar-refractivity contribution in [3.8, 4) is 0 Å². The van der Waals surface area contributed by atoms with Gasteiger partial charge in [-0.05, 0) is 42.2 Å². The Labute approximate surface area is 193 Å². The van der Waals surface area contributed by atoms with E-state index in [1.54, 1.807) is 11.6 Å². The third-order valence-corrected chi connectivity index (χ3v) is 6.43. The SMILES string of the molecule is CNC(=O)Cc1ccc(Cn2c(=O)c3cc(Br)ccc3n3c(N4CCCC4)nnc23)cc1. The fourth-order valence-electron chi connectivity index (χ4n) is 4.25. The highest BCUT2D eigenvalue weighted by atomic mass is 79.9. The number of nitrogens with zero attached hydrogens (tertiary/aromatic N) is 5. The van der Waals surface area contributed by atoms with E-state index in [2.05, 4.69) is 36.3 Å². The molecule has 0 spiro atoms. The van der Waals surface area contributed by atoms with Crippen LogP contribution in [0.5, 0.6) is 0 Å². The summed E-state index contributed by atoms with van der Waals surface area (Å²) in [7, 11) is 1.63. The highest BCUT2D eigenvalue weighted by molar-refractivity contribution is 9.10. The third kappa shape index (κ3) is 3.66. The summed E-state index contributed by atoms with van der Waals surface area (Å²) in [6, 6.07) is 13.5. The monoisotopic (exact) mass is 494 g/mol. The van der Waals surface area contributed by atoms with Crippen molar-refractivity contribution < 1.29 is 4.79 Å². The lowest BCUT2D eigenvalue weighted by Gasteiger charge is -2.17. The van der Waals surface area contributed by atoms with E-state index < -0.39 is 0 Å². The minimum absolute atomic E-state index is 0.0336. The molecule has 1 fully saturated rings. The van der Waals surface area contributed by atoms with Gasteiger partial charge in [-0.15, -0.1) is 10.2 Å². The zero-order valence-electron chi connectivity index (χ0n) is 17.7. The lowest BCUT2D eigenvalue weighted by atomic mass is 10.1. The summed E-state index contributed by atoms with van der Waals surface area (Å²) >= 11 is 3.50. The van der Waals surface area contributed by atoms with Crippen molar-refractivity contribution in [3.63, 3.8) is 0 Å². The molecule has 5 rings (SSSR count). The molecule has 0 unspecified atom stereocenters. The van der Waals surface area contributed by atoms with Gasteiger partial charge in [0.05, 0.1) is 23.9 Å². The molecule has 1 aliphatic rings. The van der Waals surface area contributed by atoms with Crippen LogP contribution < -0.4 is 15.8 Å². The molecule has 1 amide bonds. The lowest BCUT2D eigenvalue weighted by Crippen LogP contribution is -2.26. The number of carbonyl (C=O) groups excluding carboxylic acids is 1. The molecule has 0 radical (unpaired) electrons. The molecule has 0 saturated carbocycles. The van der Waals surface area contributed by atoms with Crippen LogP contribution in [-0.2, 0) is 17.8 Å². The predicted octanol–water partition coefficient (Wildman–Crippen LogP) is 2.74. The Bertz CT molecular complexity index is 1370. The van der Waals surface area contributed by atoms with Gasteiger partial charge in [-0.2, -0.15) is 0 Å². The van der Waals surface area contributed by atoms with E-state index in [-0.39, 0.29) is 11.5 Å². The van der Waals surface area contributed by atoms with Crippen molar-refractivity contribution in [2.45, 2.75) is 25.8 Å². The van der Waals surface area contributed by atoms with Gasteiger partial charge in [0.2, 0.25) is 17.6 Å². The third-order valence-electron chi connectivity index (χ3n) is 5.94. The van der Waals surface area contributed by atoms with Crippen LogP contribution in [0.15, 0.2) is 51.7 Å². The molecule has 0 atom stereocenters. The quantitative estimate of drug-likeness (QED) is 0.461. The second-order valence-electron chi connectivity index (χ2n) is 8.05. The maximum Gasteiger partial charge on any atom is 0.263 e. The standard InChI is InChI=1S/C23H23BrN6O2/c1-25-20(31)12-15-4-6-16(7-5-15)14-29-21(32)18-13-17(24)8-9-19(18)30-22(26-27-23(29)30)28-10-2-3-11-28/h4-9,13H,2-3,10-12,14H2,1H3,(H,25,31). The maximum absolute atomic E-state index is 13.5. The van der Waals surface area contributed by atoms with Gasteiger partial charge in [-0.25, -0.2) is 4.40 Å². The molecule has 1 saturated heterocycles. The molecular weight excluding hydrogens is 472 g/mol. The van der Waals surface area contributed by atoms with Crippen molar-refractivity contribution in [1.29, 1.82) is 0 Å². The molecule has 0 aliphatic carbocycles. The summed E-state index contributed by atoms with van der Waals surface area (Å²) in [6.45, 7) is 2.23. The van der Waals surface area contributed by atoms with E-state index in [9.17, 15) is 9.59 Å². The summed E-state index contributed by atoms with van der Waals surface area (Å²) in [6.07, 6.45) is 2.58. The minimum Gasteiger partial charge on any atom is -0.359 e. The highest BCUT2D eigenvalue weighted by Crippen LogP contribution is 2.25. The second kappa shape index (κ2) is 8.38. The Morgan fingerprint density at radius 2 is 1.78 bits per heavy atom. The number of likely N-dealkylation sites (N-methyl/N-ethyl adjacent to an activating group) is 1. The molecule has 164 valence electrons. The molecule has 32 heavy (non-hydrogen) atoms. The van der Waals surface area contributed by atoms with Crippen molar-refractivity contribution >= 4 is 44.5 Å². The van der Waals surface area contributed by atoms with Gasteiger partial charge in [0.25, 0.3) is 5.56 Å². The number of hydrogen-bond acceptors (Lipinski definition) is 5. The van der Waals surface area contributed by atoms with Gasteiger partial charge in [0.1, 0.15) is 0 Å². The molecule has 0 bridgehead atoms. The summed E-state index contributed by atoms with van der Waals surface area (Å²) in [5.41, 5.74) is 2.57. The van der Waals surface area contributed by atoms with Crippen molar-refractivity contribution in [1.82, 2.24) is 24.5 Å². The number of fused-ring (bicyclic) bond motifs is 3. The lowest BCUT2D eigenvalue weighted by molar-refractivity contribution is -0.119. The Kier molecular flexibility index (Phi) is 5.42. The maximum atomic E-state index is 13.5. The molecule has 4 aromatic rings. The number of benzene rings is 2. The van der Waals surface area contributed by atoms with Crippen LogP contribution in [0, 0.1) is 0 Å². The first-order chi connectivity index (χ1) is 15.5. The van der Waals surface area contributed by atoms with Crippen LogP contribution in [0.3, 0.4) is 0 Å². The van der Waals surface area contributed by atoms with E-state index >= 15 is 0 Å². The fourth-order valence-corrected chi connectivity index (χ4v) is 4.61. The van der Waals surface area contributed by atoms with Crippen LogP contribution in [0.4, 0.5) is 5.95 Å². The normalized spacial score (nSPS) is 13.9. The predicted molar refractivity (Wildman–Crippen MR) is 127 cm³/mol. The zero-order valence-corrected chi connectivity index (χ0v) is 19.3. The first kappa shape index (κ1) is 20.7. The van der Waals surface area contributed by atoms with Crippen molar-refractivity contribution in [2.75, 3.05) is 25.0 Å². The summed E-state index contributed by atoms with van der Waals surface area (Å²) in [4.78, 5) is 27.3. The van der Waals surface area contributed by atoms with Crippen molar-refractivity contribution in [2.24, 2.45) is 0 Å². The Balaban J connectivity index is 1.63. The fraction of sp³-hybridized carbons (Fsp3) is 0.304. The average molecular weight is 495 g/mol. The van der Waals surface area contributed by atoms with E-state index in [1.165, 1.54) is 0 Å². The number of hydrogen-bond donors (Lipinski definition) is 1. The first-order valence-electron chi connectivity index (χ1n) is 10.7. The van der Waals surface area contributed by atoms with E-state index in [4.69, 9.17) is 0 Å². The molecule has 2 aromatic carbocycles. The highest BCUT2D eigenvalue weighted by Gasteiger charge is 2.22. The molecule has 2 aromatic heterocycles. The Morgan fingerprint density at radius 1 is 1.06 bits per heavy atom. The Morgan fingerprint density at radius 3 is 2.50 bits per heavy atom. The first-order valence-corrected chi connectivity index (χ1v) is 11.4.